The van der Waals surface area contributed by atoms with E-state index in [1.165, 1.54) is 58.0 Å². The molecule has 1 aliphatic carbocycles. The van der Waals surface area contributed by atoms with E-state index in [2.05, 4.69) is 31.2 Å². The van der Waals surface area contributed by atoms with E-state index < -0.39 is 0 Å². The van der Waals surface area contributed by atoms with Gasteiger partial charge in [0.25, 0.3) is 0 Å². The van der Waals surface area contributed by atoms with Crippen molar-refractivity contribution in [3.05, 3.63) is 0 Å². The van der Waals surface area contributed by atoms with Crippen molar-refractivity contribution in [1.29, 1.82) is 0 Å². The van der Waals surface area contributed by atoms with Gasteiger partial charge in [-0.05, 0) is 49.9 Å². The van der Waals surface area contributed by atoms with Gasteiger partial charge in [0.1, 0.15) is 0 Å². The Kier molecular flexibility index (Phi) is 4.48. The van der Waals surface area contributed by atoms with Crippen LogP contribution in [0.1, 0.15) is 65.7 Å². The van der Waals surface area contributed by atoms with Gasteiger partial charge in [-0.1, -0.05) is 27.2 Å². The van der Waals surface area contributed by atoms with Crippen LogP contribution < -0.4 is 5.43 Å². The maximum atomic E-state index is 3.76. The first-order valence-electron chi connectivity index (χ1n) is 7.57. The molecular formula is C15H30N2. The molecule has 0 radical (unpaired) electrons. The fourth-order valence-corrected chi connectivity index (χ4v) is 3.37. The maximum Gasteiger partial charge on any atom is 0.0215 e. The zero-order valence-electron chi connectivity index (χ0n) is 12.0. The van der Waals surface area contributed by atoms with Crippen LogP contribution in [-0.4, -0.2) is 24.1 Å². The van der Waals surface area contributed by atoms with Crippen molar-refractivity contribution in [2.75, 3.05) is 13.1 Å². The Morgan fingerprint density at radius 2 is 1.47 bits per heavy atom. The van der Waals surface area contributed by atoms with Crippen LogP contribution in [0.5, 0.6) is 0 Å². The average Bonchev–Trinajstić information content (AvgIpc) is 2.30. The van der Waals surface area contributed by atoms with Crippen LogP contribution in [0.15, 0.2) is 0 Å². The Morgan fingerprint density at radius 1 is 0.882 bits per heavy atom. The smallest absolute Gasteiger partial charge is 0.0215 e. The molecule has 0 aromatic carbocycles. The molecule has 0 atom stereocenters. The second kappa shape index (κ2) is 5.71. The van der Waals surface area contributed by atoms with Crippen LogP contribution in [-0.2, 0) is 0 Å². The van der Waals surface area contributed by atoms with E-state index in [1.54, 1.807) is 0 Å². The van der Waals surface area contributed by atoms with Gasteiger partial charge in [0.05, 0.1) is 0 Å². The molecule has 2 heteroatoms. The Labute approximate surface area is 107 Å². The van der Waals surface area contributed by atoms with Crippen LogP contribution in [0.4, 0.5) is 0 Å². The summed E-state index contributed by atoms with van der Waals surface area (Å²) >= 11 is 0. The van der Waals surface area contributed by atoms with Crippen LogP contribution in [0.3, 0.4) is 0 Å². The molecule has 1 N–H and O–H groups in total. The molecule has 2 fully saturated rings. The fraction of sp³-hybridized carbons (Fsp3) is 1.00. The summed E-state index contributed by atoms with van der Waals surface area (Å²) in [5.74, 6) is 0.932. The lowest BCUT2D eigenvalue weighted by Crippen LogP contribution is -2.48. The number of hydrogen-bond acceptors (Lipinski definition) is 2. The Bertz CT molecular complexity index is 218. The van der Waals surface area contributed by atoms with Crippen LogP contribution >= 0.6 is 0 Å². The van der Waals surface area contributed by atoms with Crippen molar-refractivity contribution in [3.8, 4) is 0 Å². The summed E-state index contributed by atoms with van der Waals surface area (Å²) in [6.07, 6.45) is 9.75. The van der Waals surface area contributed by atoms with Crippen molar-refractivity contribution in [2.24, 2.45) is 11.3 Å². The molecule has 1 saturated carbocycles. The molecular weight excluding hydrogens is 208 g/mol. The fourth-order valence-electron chi connectivity index (χ4n) is 3.37. The highest BCUT2D eigenvalue weighted by Gasteiger charge is 2.30. The standard InChI is InChI=1S/C15H30N2/c1-15(2,3)13-7-9-14(10-8-13)16-17-11-5-4-6-12-17/h13-14,16H,4-12H2,1-3H3. The van der Waals surface area contributed by atoms with E-state index in [0.717, 1.165) is 12.0 Å². The Balaban J connectivity index is 1.71. The van der Waals surface area contributed by atoms with Crippen LogP contribution in [0.25, 0.3) is 0 Å². The summed E-state index contributed by atoms with van der Waals surface area (Å²) < 4.78 is 0. The van der Waals surface area contributed by atoms with Gasteiger partial charge in [-0.15, -0.1) is 0 Å². The summed E-state index contributed by atoms with van der Waals surface area (Å²) in [4.78, 5) is 0. The number of nitrogens with one attached hydrogen (secondary N) is 1. The molecule has 2 rings (SSSR count). The van der Waals surface area contributed by atoms with Gasteiger partial charge in [-0.25, -0.2) is 5.01 Å². The summed E-state index contributed by atoms with van der Waals surface area (Å²) in [7, 11) is 0. The predicted octanol–water partition coefficient (Wildman–Crippen LogP) is 3.58. The maximum absolute atomic E-state index is 3.76. The highest BCUT2D eigenvalue weighted by Crippen LogP contribution is 2.37. The third kappa shape index (κ3) is 3.96. The van der Waals surface area contributed by atoms with E-state index in [1.807, 2.05) is 0 Å². The summed E-state index contributed by atoms with van der Waals surface area (Å²) in [6.45, 7) is 9.72. The third-order valence-electron chi connectivity index (χ3n) is 4.67. The molecule has 0 aromatic heterocycles. The first-order valence-corrected chi connectivity index (χ1v) is 7.57. The Morgan fingerprint density at radius 3 is 2.00 bits per heavy atom. The third-order valence-corrected chi connectivity index (χ3v) is 4.67. The molecule has 2 aliphatic rings. The topological polar surface area (TPSA) is 15.3 Å². The minimum Gasteiger partial charge on any atom is -0.252 e. The molecule has 100 valence electrons. The van der Waals surface area contributed by atoms with Gasteiger partial charge >= 0.3 is 0 Å². The van der Waals surface area contributed by atoms with Gasteiger partial charge < -0.3 is 0 Å². The van der Waals surface area contributed by atoms with Gasteiger partial charge in [0.15, 0.2) is 0 Å². The van der Waals surface area contributed by atoms with Crippen molar-refractivity contribution in [1.82, 2.24) is 10.4 Å². The molecule has 0 spiro atoms. The quantitative estimate of drug-likeness (QED) is 0.791. The van der Waals surface area contributed by atoms with Crippen molar-refractivity contribution in [3.63, 3.8) is 0 Å². The first-order chi connectivity index (χ1) is 8.05. The number of piperidine rings is 1. The lowest BCUT2D eigenvalue weighted by Gasteiger charge is -2.39. The van der Waals surface area contributed by atoms with Gasteiger partial charge in [-0.2, -0.15) is 0 Å². The predicted molar refractivity (Wildman–Crippen MR) is 73.8 cm³/mol. The molecule has 1 saturated heterocycles. The largest absolute Gasteiger partial charge is 0.252 e. The number of nitrogens with zero attached hydrogens (tertiary/aromatic N) is 1. The minimum atomic E-state index is 0.510. The average molecular weight is 238 g/mol. The number of hydrazine groups is 1. The van der Waals surface area contributed by atoms with Gasteiger partial charge in [-0.3, -0.25) is 5.43 Å². The lowest BCUT2D eigenvalue weighted by molar-refractivity contribution is 0.0872. The first kappa shape index (κ1) is 13.4. The lowest BCUT2D eigenvalue weighted by atomic mass is 9.71. The second-order valence-electron chi connectivity index (χ2n) is 7.09. The van der Waals surface area contributed by atoms with Gasteiger partial charge in [0, 0.05) is 19.1 Å². The molecule has 0 bridgehead atoms. The van der Waals surface area contributed by atoms with Gasteiger partial charge in [0.2, 0.25) is 0 Å². The SMILES string of the molecule is CC(C)(C)C1CCC(NN2CCCCC2)CC1. The number of hydrogen-bond donors (Lipinski definition) is 1. The molecule has 17 heavy (non-hydrogen) atoms. The summed E-state index contributed by atoms with van der Waals surface area (Å²) in [6, 6.07) is 0.756. The summed E-state index contributed by atoms with van der Waals surface area (Å²) in [5.41, 5.74) is 4.27. The van der Waals surface area contributed by atoms with Crippen molar-refractivity contribution < 1.29 is 0 Å². The van der Waals surface area contributed by atoms with E-state index in [4.69, 9.17) is 0 Å². The van der Waals surface area contributed by atoms with Crippen molar-refractivity contribution >= 4 is 0 Å². The summed E-state index contributed by atoms with van der Waals surface area (Å²) in [5, 5.41) is 2.48. The molecule has 2 nitrogen and oxygen atoms in total. The highest BCUT2D eigenvalue weighted by molar-refractivity contribution is 4.83. The van der Waals surface area contributed by atoms with Crippen LogP contribution in [0.2, 0.25) is 0 Å². The molecule has 0 aromatic rings. The van der Waals surface area contributed by atoms with E-state index in [0.29, 0.717) is 5.41 Å². The van der Waals surface area contributed by atoms with E-state index in [-0.39, 0.29) is 0 Å². The molecule has 1 aliphatic heterocycles. The number of rotatable bonds is 2. The molecule has 1 heterocycles. The molecule has 0 unspecified atom stereocenters. The monoisotopic (exact) mass is 238 g/mol. The Hall–Kier alpha value is -0.0800. The second-order valence-corrected chi connectivity index (χ2v) is 7.09. The van der Waals surface area contributed by atoms with E-state index in [9.17, 15) is 0 Å². The highest BCUT2D eigenvalue weighted by atomic mass is 15.5. The molecule has 0 amide bonds. The van der Waals surface area contributed by atoms with E-state index >= 15 is 0 Å². The zero-order chi connectivity index (χ0) is 12.3. The zero-order valence-corrected chi connectivity index (χ0v) is 12.0. The minimum absolute atomic E-state index is 0.510. The van der Waals surface area contributed by atoms with Crippen molar-refractivity contribution in [2.45, 2.75) is 71.8 Å². The van der Waals surface area contributed by atoms with Crippen LogP contribution in [0, 0.1) is 11.3 Å². The normalized spacial score (nSPS) is 32.6.